The van der Waals surface area contributed by atoms with Crippen molar-refractivity contribution in [3.8, 4) is 0 Å². The van der Waals surface area contributed by atoms with Crippen LogP contribution in [0.3, 0.4) is 0 Å². The van der Waals surface area contributed by atoms with Gasteiger partial charge in [-0.05, 0) is 39.0 Å². The highest BCUT2D eigenvalue weighted by Gasteiger charge is 1.93. The molecule has 0 N–H and O–H groups in total. The third kappa shape index (κ3) is 19.4. The Bertz CT molecular complexity index is 255. The molecular formula is C21H40O. The molecule has 0 saturated carbocycles. The number of carbonyl (C=O) groups excluding carboxylic acids is 1. The van der Waals surface area contributed by atoms with E-state index in [1.807, 2.05) is 0 Å². The molecule has 0 aromatic carbocycles. The summed E-state index contributed by atoms with van der Waals surface area (Å²) >= 11 is 0. The number of ketones is 1. The minimum atomic E-state index is 0.330. The lowest BCUT2D eigenvalue weighted by Crippen LogP contribution is -1.88. The van der Waals surface area contributed by atoms with Crippen LogP contribution >= 0.6 is 0 Å². The number of hydrogen-bond donors (Lipinski definition) is 0. The van der Waals surface area contributed by atoms with Gasteiger partial charge in [-0.2, -0.15) is 0 Å². The summed E-state index contributed by atoms with van der Waals surface area (Å²) < 4.78 is 0. The number of allylic oxidation sites excluding steroid dienone is 2. The minimum Gasteiger partial charge on any atom is -0.300 e. The van der Waals surface area contributed by atoms with Crippen molar-refractivity contribution < 1.29 is 4.79 Å². The average Bonchev–Trinajstić information content (AvgIpc) is 2.50. The molecule has 0 fully saturated rings. The lowest BCUT2D eigenvalue weighted by Gasteiger charge is -2.01. The van der Waals surface area contributed by atoms with E-state index in [0.29, 0.717) is 5.78 Å². The molecule has 22 heavy (non-hydrogen) atoms. The summed E-state index contributed by atoms with van der Waals surface area (Å²) in [6.45, 7) is 3.97. The molecule has 1 nitrogen and oxygen atoms in total. The van der Waals surface area contributed by atoms with Crippen molar-refractivity contribution in [2.75, 3.05) is 0 Å². The first-order valence-electron chi connectivity index (χ1n) is 9.91. The molecule has 0 spiro atoms. The smallest absolute Gasteiger partial charge is 0.129 e. The molecule has 0 saturated heterocycles. The van der Waals surface area contributed by atoms with E-state index < -0.39 is 0 Å². The molecular weight excluding hydrogens is 268 g/mol. The largest absolute Gasteiger partial charge is 0.300 e. The van der Waals surface area contributed by atoms with E-state index in [2.05, 4.69) is 19.1 Å². The zero-order valence-corrected chi connectivity index (χ0v) is 15.4. The molecule has 0 aromatic rings. The van der Waals surface area contributed by atoms with Gasteiger partial charge in [0.15, 0.2) is 0 Å². The SMILES string of the molecule is CCCCCCCCCCCC/C=C\CCCCCC(C)=O. The second-order valence-electron chi connectivity index (χ2n) is 6.74. The van der Waals surface area contributed by atoms with Crippen LogP contribution in [0.25, 0.3) is 0 Å². The maximum atomic E-state index is 10.8. The summed E-state index contributed by atoms with van der Waals surface area (Å²) in [7, 11) is 0. The predicted octanol–water partition coefficient (Wildman–Crippen LogP) is 7.39. The molecule has 0 aliphatic rings. The van der Waals surface area contributed by atoms with E-state index in [1.165, 1.54) is 89.9 Å². The molecule has 0 atom stereocenters. The fraction of sp³-hybridized carbons (Fsp3) is 0.857. The molecule has 1 heteroatoms. The summed E-state index contributed by atoms with van der Waals surface area (Å²) in [5.41, 5.74) is 0. The minimum absolute atomic E-state index is 0.330. The van der Waals surface area contributed by atoms with E-state index in [4.69, 9.17) is 0 Å². The lowest BCUT2D eigenvalue weighted by molar-refractivity contribution is -0.117. The second-order valence-corrected chi connectivity index (χ2v) is 6.74. The van der Waals surface area contributed by atoms with Crippen LogP contribution in [-0.4, -0.2) is 5.78 Å². The van der Waals surface area contributed by atoms with Crippen molar-refractivity contribution >= 4 is 5.78 Å². The molecule has 0 aliphatic carbocycles. The van der Waals surface area contributed by atoms with Crippen molar-refractivity contribution in [3.05, 3.63) is 12.2 Å². The molecule has 0 unspecified atom stereocenters. The molecule has 0 amide bonds. The molecule has 0 aromatic heterocycles. The van der Waals surface area contributed by atoms with Crippen molar-refractivity contribution in [2.45, 2.75) is 117 Å². The maximum absolute atomic E-state index is 10.8. The highest BCUT2D eigenvalue weighted by atomic mass is 16.1. The van der Waals surface area contributed by atoms with Crippen LogP contribution in [0.15, 0.2) is 12.2 Å². The van der Waals surface area contributed by atoms with Gasteiger partial charge in [-0.1, -0.05) is 83.3 Å². The molecule has 0 radical (unpaired) electrons. The van der Waals surface area contributed by atoms with Gasteiger partial charge in [0.25, 0.3) is 0 Å². The highest BCUT2D eigenvalue weighted by molar-refractivity contribution is 5.75. The summed E-state index contributed by atoms with van der Waals surface area (Å²) in [6.07, 6.45) is 25.6. The Morgan fingerprint density at radius 3 is 1.50 bits per heavy atom. The Labute approximate surface area is 140 Å². The summed E-state index contributed by atoms with van der Waals surface area (Å²) in [4.78, 5) is 10.8. The predicted molar refractivity (Wildman–Crippen MR) is 99.4 cm³/mol. The van der Waals surface area contributed by atoms with Crippen LogP contribution < -0.4 is 0 Å². The van der Waals surface area contributed by atoms with E-state index >= 15 is 0 Å². The van der Waals surface area contributed by atoms with Gasteiger partial charge >= 0.3 is 0 Å². The molecule has 0 heterocycles. The van der Waals surface area contributed by atoms with E-state index in [0.717, 1.165) is 12.8 Å². The standard InChI is InChI=1S/C21H40O/c1-3-4-5-6-7-8-9-10-11-12-13-14-15-16-17-18-19-20-21(2)22/h14-15H,3-13,16-20H2,1-2H3/b15-14-. The van der Waals surface area contributed by atoms with Gasteiger partial charge in [0, 0.05) is 6.42 Å². The molecule has 0 bridgehead atoms. The summed E-state index contributed by atoms with van der Waals surface area (Å²) in [5, 5.41) is 0. The summed E-state index contributed by atoms with van der Waals surface area (Å²) in [6, 6.07) is 0. The van der Waals surface area contributed by atoms with Crippen molar-refractivity contribution in [3.63, 3.8) is 0 Å². The van der Waals surface area contributed by atoms with Gasteiger partial charge in [-0.15, -0.1) is 0 Å². The normalized spacial score (nSPS) is 11.4. The van der Waals surface area contributed by atoms with Crippen LogP contribution in [0.4, 0.5) is 0 Å². The van der Waals surface area contributed by atoms with Crippen molar-refractivity contribution in [1.82, 2.24) is 0 Å². The quantitative estimate of drug-likeness (QED) is 0.202. The first kappa shape index (κ1) is 21.4. The fourth-order valence-corrected chi connectivity index (χ4v) is 2.80. The van der Waals surface area contributed by atoms with Gasteiger partial charge in [-0.25, -0.2) is 0 Å². The van der Waals surface area contributed by atoms with Crippen LogP contribution in [-0.2, 0) is 4.79 Å². The number of unbranched alkanes of at least 4 members (excludes halogenated alkanes) is 13. The average molecular weight is 309 g/mol. The van der Waals surface area contributed by atoms with Gasteiger partial charge in [0.05, 0.1) is 0 Å². The van der Waals surface area contributed by atoms with Crippen molar-refractivity contribution in [1.29, 1.82) is 0 Å². The first-order chi connectivity index (χ1) is 10.8. The Hall–Kier alpha value is -0.590. The number of Topliss-reactive ketones (excluding diaryl/α,β-unsaturated/α-hetero) is 1. The van der Waals surface area contributed by atoms with Gasteiger partial charge < -0.3 is 4.79 Å². The Morgan fingerprint density at radius 1 is 0.636 bits per heavy atom. The van der Waals surface area contributed by atoms with E-state index in [-0.39, 0.29) is 0 Å². The second kappa shape index (κ2) is 18.5. The Balaban J connectivity index is 3.06. The van der Waals surface area contributed by atoms with Gasteiger partial charge in [-0.3, -0.25) is 0 Å². The first-order valence-corrected chi connectivity index (χ1v) is 9.91. The fourth-order valence-electron chi connectivity index (χ4n) is 2.80. The number of carbonyl (C=O) groups is 1. The zero-order chi connectivity index (χ0) is 16.3. The van der Waals surface area contributed by atoms with Crippen LogP contribution in [0.1, 0.15) is 117 Å². The summed E-state index contributed by atoms with van der Waals surface area (Å²) in [5.74, 6) is 0.330. The third-order valence-electron chi connectivity index (χ3n) is 4.29. The Morgan fingerprint density at radius 2 is 1.05 bits per heavy atom. The topological polar surface area (TPSA) is 17.1 Å². The number of hydrogen-bond acceptors (Lipinski definition) is 1. The molecule has 0 aliphatic heterocycles. The molecule has 0 rings (SSSR count). The lowest BCUT2D eigenvalue weighted by atomic mass is 10.1. The van der Waals surface area contributed by atoms with Gasteiger partial charge in [0.2, 0.25) is 0 Å². The van der Waals surface area contributed by atoms with E-state index in [1.54, 1.807) is 6.92 Å². The maximum Gasteiger partial charge on any atom is 0.129 e. The van der Waals surface area contributed by atoms with Crippen molar-refractivity contribution in [2.24, 2.45) is 0 Å². The highest BCUT2D eigenvalue weighted by Crippen LogP contribution is 2.11. The third-order valence-corrected chi connectivity index (χ3v) is 4.29. The molecule has 130 valence electrons. The zero-order valence-electron chi connectivity index (χ0n) is 15.4. The van der Waals surface area contributed by atoms with E-state index in [9.17, 15) is 4.79 Å². The van der Waals surface area contributed by atoms with Crippen LogP contribution in [0.5, 0.6) is 0 Å². The van der Waals surface area contributed by atoms with Gasteiger partial charge in [0.1, 0.15) is 5.78 Å². The monoisotopic (exact) mass is 308 g/mol. The number of rotatable bonds is 17. The van der Waals surface area contributed by atoms with Crippen LogP contribution in [0, 0.1) is 0 Å². The Kier molecular flexibility index (Phi) is 18.0. The van der Waals surface area contributed by atoms with Crippen LogP contribution in [0.2, 0.25) is 0 Å².